The lowest BCUT2D eigenvalue weighted by Gasteiger charge is -2.28. The van der Waals surface area contributed by atoms with Crippen LogP contribution in [0.25, 0.3) is 21.0 Å². The molecule has 2 amide bonds. The summed E-state index contributed by atoms with van der Waals surface area (Å²) in [5.41, 5.74) is 1.16. The minimum atomic E-state index is -0.534. The zero-order chi connectivity index (χ0) is 22.2. The van der Waals surface area contributed by atoms with Crippen LogP contribution >= 0.6 is 11.3 Å². The van der Waals surface area contributed by atoms with Crippen molar-refractivity contribution in [2.45, 2.75) is 25.4 Å². The second kappa shape index (κ2) is 8.24. The lowest BCUT2D eigenvalue weighted by Crippen LogP contribution is -2.46. The average molecular weight is 446 g/mol. The van der Waals surface area contributed by atoms with Gasteiger partial charge in [-0.05, 0) is 36.4 Å². The van der Waals surface area contributed by atoms with Gasteiger partial charge >= 0.3 is 0 Å². The predicted molar refractivity (Wildman–Crippen MR) is 126 cm³/mol. The summed E-state index contributed by atoms with van der Waals surface area (Å²) < 4.78 is 1.09. The molecule has 0 spiro atoms. The Morgan fingerprint density at radius 2 is 1.91 bits per heavy atom. The van der Waals surface area contributed by atoms with Gasteiger partial charge in [0.05, 0.1) is 22.3 Å². The van der Waals surface area contributed by atoms with Crippen molar-refractivity contribution in [1.29, 1.82) is 0 Å². The molecule has 162 valence electrons. The van der Waals surface area contributed by atoms with Gasteiger partial charge in [-0.1, -0.05) is 42.5 Å². The normalized spacial score (nSPS) is 16.0. The van der Waals surface area contributed by atoms with Crippen molar-refractivity contribution in [2.75, 3.05) is 13.6 Å². The fraction of sp³-hybridized carbons (Fsp3) is 0.240. The van der Waals surface area contributed by atoms with E-state index in [1.165, 1.54) is 0 Å². The Balaban J connectivity index is 1.36. The molecule has 32 heavy (non-hydrogen) atoms. The first kappa shape index (κ1) is 20.5. The van der Waals surface area contributed by atoms with Gasteiger partial charge < -0.3 is 14.9 Å². The van der Waals surface area contributed by atoms with E-state index in [0.717, 1.165) is 27.0 Å². The number of fused-ring (bicyclic) bond motifs is 2. The van der Waals surface area contributed by atoms with Crippen LogP contribution in [-0.4, -0.2) is 51.3 Å². The van der Waals surface area contributed by atoms with Gasteiger partial charge in [-0.2, -0.15) is 0 Å². The number of likely N-dealkylation sites (tertiary alicyclic amines) is 1. The molecular weight excluding hydrogens is 422 g/mol. The first-order chi connectivity index (χ1) is 15.5. The fourth-order valence-electron chi connectivity index (χ4n) is 4.37. The number of rotatable bonds is 4. The van der Waals surface area contributed by atoms with Crippen LogP contribution in [0.3, 0.4) is 0 Å². The van der Waals surface area contributed by atoms with Crippen molar-refractivity contribution in [3.05, 3.63) is 71.2 Å². The Morgan fingerprint density at radius 3 is 2.75 bits per heavy atom. The lowest BCUT2D eigenvalue weighted by molar-refractivity contribution is -0.134. The Bertz CT molecular complexity index is 1300. The molecule has 1 saturated heterocycles. The van der Waals surface area contributed by atoms with Crippen LogP contribution in [0, 0.1) is 0 Å². The Kier molecular flexibility index (Phi) is 5.27. The van der Waals surface area contributed by atoms with Crippen molar-refractivity contribution in [2.24, 2.45) is 0 Å². The number of aromatic hydroxyl groups is 1. The summed E-state index contributed by atoms with van der Waals surface area (Å²) in [6.07, 6.45) is 1.37. The Labute approximate surface area is 189 Å². The second-order valence-electron chi connectivity index (χ2n) is 8.11. The van der Waals surface area contributed by atoms with E-state index in [1.807, 2.05) is 48.5 Å². The van der Waals surface area contributed by atoms with Crippen molar-refractivity contribution < 1.29 is 14.7 Å². The summed E-state index contributed by atoms with van der Waals surface area (Å²) in [6, 6.07) is 18.2. The van der Waals surface area contributed by atoms with Gasteiger partial charge in [-0.3, -0.25) is 9.59 Å². The smallest absolute Gasteiger partial charge is 0.258 e. The SMILES string of the molecule is CN(Cc1nc2ccccc2s1)C(=O)C1CCCN1C(=O)c1ccc2ccccc2c1O. The molecule has 1 atom stereocenters. The molecule has 1 fully saturated rings. The third-order valence-corrected chi connectivity index (χ3v) is 7.04. The molecule has 3 aromatic carbocycles. The van der Waals surface area contributed by atoms with E-state index in [0.29, 0.717) is 24.9 Å². The second-order valence-corrected chi connectivity index (χ2v) is 9.22. The molecule has 5 rings (SSSR count). The number of para-hydroxylation sites is 1. The van der Waals surface area contributed by atoms with Gasteiger partial charge in [-0.15, -0.1) is 11.3 Å². The highest BCUT2D eigenvalue weighted by atomic mass is 32.1. The summed E-state index contributed by atoms with van der Waals surface area (Å²) in [5, 5.41) is 13.1. The number of phenolic OH excluding ortho intramolecular Hbond substituents is 1. The van der Waals surface area contributed by atoms with Crippen molar-refractivity contribution in [1.82, 2.24) is 14.8 Å². The summed E-state index contributed by atoms with van der Waals surface area (Å²) in [5.74, 6) is -0.443. The molecule has 1 aromatic heterocycles. The van der Waals surface area contributed by atoms with Crippen LogP contribution in [0.5, 0.6) is 5.75 Å². The summed E-state index contributed by atoms with van der Waals surface area (Å²) >= 11 is 1.57. The zero-order valence-corrected chi connectivity index (χ0v) is 18.5. The molecular formula is C25H23N3O3S. The zero-order valence-electron chi connectivity index (χ0n) is 17.7. The first-order valence-corrected chi connectivity index (χ1v) is 11.5. The number of aromatic nitrogens is 1. The lowest BCUT2D eigenvalue weighted by atomic mass is 10.0. The largest absolute Gasteiger partial charge is 0.506 e. The van der Waals surface area contributed by atoms with E-state index < -0.39 is 6.04 Å². The molecule has 6 nitrogen and oxygen atoms in total. The molecule has 0 saturated carbocycles. The highest BCUT2D eigenvalue weighted by molar-refractivity contribution is 7.18. The summed E-state index contributed by atoms with van der Waals surface area (Å²) in [6.45, 7) is 0.897. The summed E-state index contributed by atoms with van der Waals surface area (Å²) in [4.78, 5) is 34.4. The van der Waals surface area contributed by atoms with Crippen LogP contribution in [-0.2, 0) is 11.3 Å². The molecule has 1 N–H and O–H groups in total. The van der Waals surface area contributed by atoms with Crippen LogP contribution in [0.4, 0.5) is 0 Å². The van der Waals surface area contributed by atoms with Crippen LogP contribution in [0.1, 0.15) is 28.2 Å². The quantitative estimate of drug-likeness (QED) is 0.505. The topological polar surface area (TPSA) is 73.7 Å². The maximum atomic E-state index is 13.3. The van der Waals surface area contributed by atoms with Gasteiger partial charge in [0.1, 0.15) is 16.8 Å². The molecule has 0 radical (unpaired) electrons. The monoisotopic (exact) mass is 445 g/mol. The van der Waals surface area contributed by atoms with E-state index in [9.17, 15) is 14.7 Å². The molecule has 1 unspecified atom stereocenters. The van der Waals surface area contributed by atoms with Gasteiger partial charge in [0.15, 0.2) is 0 Å². The first-order valence-electron chi connectivity index (χ1n) is 10.6. The van der Waals surface area contributed by atoms with Crippen molar-refractivity contribution in [3.8, 4) is 5.75 Å². The highest BCUT2D eigenvalue weighted by Gasteiger charge is 2.37. The molecule has 7 heteroatoms. The van der Waals surface area contributed by atoms with Gasteiger partial charge in [0.25, 0.3) is 5.91 Å². The molecule has 0 aliphatic carbocycles. The number of benzene rings is 3. The molecule has 4 aromatic rings. The number of hydrogen-bond donors (Lipinski definition) is 1. The molecule has 2 heterocycles. The Morgan fingerprint density at radius 1 is 1.12 bits per heavy atom. The molecule has 1 aliphatic rings. The number of likely N-dealkylation sites (N-methyl/N-ethyl adjacent to an activating group) is 1. The minimum Gasteiger partial charge on any atom is -0.506 e. The van der Waals surface area contributed by atoms with Crippen LogP contribution < -0.4 is 0 Å². The number of nitrogens with zero attached hydrogens (tertiary/aromatic N) is 3. The highest BCUT2D eigenvalue weighted by Crippen LogP contribution is 2.32. The van der Waals surface area contributed by atoms with E-state index in [-0.39, 0.29) is 23.1 Å². The van der Waals surface area contributed by atoms with Crippen molar-refractivity contribution in [3.63, 3.8) is 0 Å². The van der Waals surface area contributed by atoms with Gasteiger partial charge in [-0.25, -0.2) is 4.98 Å². The van der Waals surface area contributed by atoms with Gasteiger partial charge in [0, 0.05) is 19.0 Å². The van der Waals surface area contributed by atoms with Crippen LogP contribution in [0.2, 0.25) is 0 Å². The third-order valence-electron chi connectivity index (χ3n) is 6.02. The number of carbonyl (C=O) groups excluding carboxylic acids is 2. The number of phenols is 1. The van der Waals surface area contributed by atoms with E-state index in [2.05, 4.69) is 4.98 Å². The van der Waals surface area contributed by atoms with Crippen molar-refractivity contribution >= 4 is 44.1 Å². The minimum absolute atomic E-state index is 0.0333. The predicted octanol–water partition coefficient (Wildman–Crippen LogP) is 4.42. The van der Waals surface area contributed by atoms with E-state index in [1.54, 1.807) is 40.3 Å². The molecule has 0 bridgehead atoms. The third kappa shape index (κ3) is 3.58. The number of carbonyl (C=O) groups is 2. The number of thiazole rings is 1. The number of hydrogen-bond acceptors (Lipinski definition) is 5. The number of amides is 2. The van der Waals surface area contributed by atoms with E-state index >= 15 is 0 Å². The standard InChI is InChI=1S/C25H23N3O3S/c1-27(15-22-26-19-9-4-5-11-21(19)32-22)25(31)20-10-6-14-28(20)24(30)18-13-12-16-7-2-3-8-17(16)23(18)29/h2-5,7-9,11-13,20,29H,6,10,14-15H2,1H3. The average Bonchev–Trinajstić information content (AvgIpc) is 3.45. The van der Waals surface area contributed by atoms with Crippen LogP contribution in [0.15, 0.2) is 60.7 Å². The molecule has 1 aliphatic heterocycles. The van der Waals surface area contributed by atoms with E-state index in [4.69, 9.17) is 0 Å². The maximum absolute atomic E-state index is 13.3. The Hall–Kier alpha value is -3.45. The fourth-order valence-corrected chi connectivity index (χ4v) is 5.39. The summed E-state index contributed by atoms with van der Waals surface area (Å²) in [7, 11) is 1.75. The van der Waals surface area contributed by atoms with Gasteiger partial charge in [0.2, 0.25) is 5.91 Å². The maximum Gasteiger partial charge on any atom is 0.258 e.